The Bertz CT molecular complexity index is 106. The van der Waals surface area contributed by atoms with Crippen molar-refractivity contribution in [3.63, 3.8) is 0 Å². The first kappa shape index (κ1) is 16.3. The second-order valence-electron chi connectivity index (χ2n) is 3.29. The van der Waals surface area contributed by atoms with Crippen molar-refractivity contribution < 1.29 is 20.4 Å². The summed E-state index contributed by atoms with van der Waals surface area (Å²) in [5.41, 5.74) is 0. The topological polar surface area (TPSA) is 80.9 Å². The molecule has 0 aromatic rings. The molecule has 0 aromatic heterocycles. The Morgan fingerprint density at radius 2 is 1.50 bits per heavy atom. The van der Waals surface area contributed by atoms with E-state index in [1.54, 1.807) is 6.92 Å². The Morgan fingerprint density at radius 3 is 1.57 bits per heavy atom. The summed E-state index contributed by atoms with van der Waals surface area (Å²) in [6.45, 7) is 5.39. The summed E-state index contributed by atoms with van der Waals surface area (Å²) < 4.78 is 0. The molecular formula is C10H24O4. The van der Waals surface area contributed by atoms with Crippen LogP contribution in [0.5, 0.6) is 0 Å². The lowest BCUT2D eigenvalue weighted by atomic mass is 10.2. The quantitative estimate of drug-likeness (QED) is 0.523. The Kier molecular flexibility index (Phi) is 12.7. The number of rotatable bonds is 5. The second-order valence-corrected chi connectivity index (χ2v) is 3.29. The van der Waals surface area contributed by atoms with E-state index in [1.807, 2.05) is 13.8 Å². The maximum Gasteiger partial charge on any atom is 0.0793 e. The molecule has 0 aliphatic carbocycles. The molecule has 0 heterocycles. The van der Waals surface area contributed by atoms with Crippen LogP contribution in [0, 0.1) is 0 Å². The molecule has 4 heteroatoms. The lowest BCUT2D eigenvalue weighted by Crippen LogP contribution is -2.20. The first-order valence-electron chi connectivity index (χ1n) is 5.14. The fraction of sp³-hybridized carbons (Fsp3) is 1.00. The molecule has 0 saturated carbocycles. The van der Waals surface area contributed by atoms with Crippen molar-refractivity contribution in [3.05, 3.63) is 0 Å². The van der Waals surface area contributed by atoms with Crippen molar-refractivity contribution in [1.29, 1.82) is 0 Å². The number of aliphatic hydroxyl groups excluding tert-OH is 4. The van der Waals surface area contributed by atoms with E-state index in [1.165, 1.54) is 0 Å². The van der Waals surface area contributed by atoms with Crippen LogP contribution in [0.25, 0.3) is 0 Å². The van der Waals surface area contributed by atoms with Gasteiger partial charge in [0.05, 0.1) is 18.3 Å². The average molecular weight is 208 g/mol. The van der Waals surface area contributed by atoms with Crippen molar-refractivity contribution in [2.45, 2.75) is 58.3 Å². The van der Waals surface area contributed by atoms with Crippen LogP contribution in [0.4, 0.5) is 0 Å². The number of hydrogen-bond donors (Lipinski definition) is 4. The minimum atomic E-state index is -0.579. The van der Waals surface area contributed by atoms with Gasteiger partial charge in [-0.05, 0) is 26.2 Å². The van der Waals surface area contributed by atoms with Crippen molar-refractivity contribution in [2.24, 2.45) is 0 Å². The predicted molar refractivity (Wildman–Crippen MR) is 56.0 cm³/mol. The van der Waals surface area contributed by atoms with Crippen LogP contribution in [-0.4, -0.2) is 45.3 Å². The smallest absolute Gasteiger partial charge is 0.0793 e. The molecular weight excluding hydrogens is 184 g/mol. The maximum absolute atomic E-state index is 8.70. The minimum Gasteiger partial charge on any atom is -0.396 e. The van der Waals surface area contributed by atoms with Gasteiger partial charge in [0, 0.05) is 6.61 Å². The van der Waals surface area contributed by atoms with E-state index in [0.717, 1.165) is 6.42 Å². The highest BCUT2D eigenvalue weighted by molar-refractivity contribution is 4.56. The highest BCUT2D eigenvalue weighted by Gasteiger charge is 2.05. The van der Waals surface area contributed by atoms with Crippen molar-refractivity contribution in [2.75, 3.05) is 6.61 Å². The van der Waals surface area contributed by atoms with E-state index < -0.39 is 12.2 Å². The zero-order chi connectivity index (χ0) is 11.6. The summed E-state index contributed by atoms with van der Waals surface area (Å²) in [4.78, 5) is 0. The van der Waals surface area contributed by atoms with Gasteiger partial charge in [0.1, 0.15) is 0 Å². The number of aliphatic hydroxyl groups is 4. The maximum atomic E-state index is 8.70. The van der Waals surface area contributed by atoms with E-state index in [4.69, 9.17) is 20.4 Å². The Morgan fingerprint density at radius 1 is 1.00 bits per heavy atom. The lowest BCUT2D eigenvalue weighted by Gasteiger charge is -2.08. The van der Waals surface area contributed by atoms with Crippen LogP contribution in [-0.2, 0) is 0 Å². The van der Waals surface area contributed by atoms with Gasteiger partial charge in [0.2, 0.25) is 0 Å². The molecule has 0 fully saturated rings. The third kappa shape index (κ3) is 11.8. The van der Waals surface area contributed by atoms with Crippen molar-refractivity contribution in [1.82, 2.24) is 0 Å². The third-order valence-corrected chi connectivity index (χ3v) is 1.91. The average Bonchev–Trinajstić information content (AvgIpc) is 2.17. The van der Waals surface area contributed by atoms with Crippen molar-refractivity contribution >= 4 is 0 Å². The molecule has 0 spiro atoms. The van der Waals surface area contributed by atoms with Gasteiger partial charge in [-0.15, -0.1) is 0 Å². The predicted octanol–water partition coefficient (Wildman–Crippen LogP) is 0.278. The standard InChI is InChI=1S/2C5H12O2/c1-3-5(7)4(2)6;1-2-5(7)3-4-6/h4-7H,3H2,1-2H3;5-7H,2-4H2,1H3. The highest BCUT2D eigenvalue weighted by atomic mass is 16.3. The molecule has 4 N–H and O–H groups in total. The van der Waals surface area contributed by atoms with E-state index in [-0.39, 0.29) is 12.7 Å². The Balaban J connectivity index is 0. The third-order valence-electron chi connectivity index (χ3n) is 1.91. The van der Waals surface area contributed by atoms with Gasteiger partial charge in [0.15, 0.2) is 0 Å². The fourth-order valence-electron chi connectivity index (χ4n) is 0.694. The molecule has 0 aliphatic heterocycles. The van der Waals surface area contributed by atoms with Gasteiger partial charge in [-0.3, -0.25) is 0 Å². The monoisotopic (exact) mass is 208 g/mol. The highest BCUT2D eigenvalue weighted by Crippen LogP contribution is 1.94. The molecule has 4 nitrogen and oxygen atoms in total. The molecule has 0 radical (unpaired) electrons. The molecule has 3 atom stereocenters. The first-order chi connectivity index (χ1) is 6.49. The van der Waals surface area contributed by atoms with Crippen LogP contribution in [0.15, 0.2) is 0 Å². The van der Waals surface area contributed by atoms with Crippen LogP contribution < -0.4 is 0 Å². The molecule has 88 valence electrons. The van der Waals surface area contributed by atoms with Crippen LogP contribution in [0.3, 0.4) is 0 Å². The van der Waals surface area contributed by atoms with Crippen LogP contribution in [0.1, 0.15) is 40.0 Å². The summed E-state index contributed by atoms with van der Waals surface area (Å²) in [6, 6.07) is 0. The Hall–Kier alpha value is -0.160. The summed E-state index contributed by atoms with van der Waals surface area (Å²) in [5, 5.41) is 34.2. The lowest BCUT2D eigenvalue weighted by molar-refractivity contribution is 0.0294. The normalized spacial score (nSPS) is 16.5. The summed E-state index contributed by atoms with van der Waals surface area (Å²) in [6.07, 6.45) is 0.448. The zero-order valence-corrected chi connectivity index (χ0v) is 9.35. The zero-order valence-electron chi connectivity index (χ0n) is 9.35. The van der Waals surface area contributed by atoms with Gasteiger partial charge < -0.3 is 20.4 Å². The molecule has 0 amide bonds. The van der Waals surface area contributed by atoms with Crippen LogP contribution in [0.2, 0.25) is 0 Å². The second kappa shape index (κ2) is 10.9. The van der Waals surface area contributed by atoms with Crippen LogP contribution >= 0.6 is 0 Å². The Labute approximate surface area is 86.2 Å². The first-order valence-corrected chi connectivity index (χ1v) is 5.14. The van der Waals surface area contributed by atoms with Crippen molar-refractivity contribution in [3.8, 4) is 0 Å². The molecule has 0 bridgehead atoms. The van der Waals surface area contributed by atoms with E-state index in [0.29, 0.717) is 12.8 Å². The van der Waals surface area contributed by atoms with E-state index in [9.17, 15) is 0 Å². The van der Waals surface area contributed by atoms with Gasteiger partial charge in [0.25, 0.3) is 0 Å². The SMILES string of the molecule is CCC(O)C(C)O.CCC(O)CCO. The molecule has 3 unspecified atom stereocenters. The minimum absolute atomic E-state index is 0.0923. The van der Waals surface area contributed by atoms with Gasteiger partial charge in [-0.2, -0.15) is 0 Å². The van der Waals surface area contributed by atoms with E-state index >= 15 is 0 Å². The molecule has 0 aromatic carbocycles. The fourth-order valence-corrected chi connectivity index (χ4v) is 0.694. The summed E-state index contributed by atoms with van der Waals surface area (Å²) in [7, 11) is 0. The van der Waals surface area contributed by atoms with E-state index in [2.05, 4.69) is 0 Å². The largest absolute Gasteiger partial charge is 0.396 e. The molecule has 0 saturated heterocycles. The molecule has 0 aliphatic rings. The molecule has 14 heavy (non-hydrogen) atoms. The molecule has 0 rings (SSSR count). The number of hydrogen-bond acceptors (Lipinski definition) is 4. The van der Waals surface area contributed by atoms with Gasteiger partial charge in [-0.25, -0.2) is 0 Å². The summed E-state index contributed by atoms with van der Waals surface area (Å²) >= 11 is 0. The summed E-state index contributed by atoms with van der Waals surface area (Å²) in [5.74, 6) is 0. The van der Waals surface area contributed by atoms with Gasteiger partial charge in [-0.1, -0.05) is 13.8 Å². The van der Waals surface area contributed by atoms with Gasteiger partial charge >= 0.3 is 0 Å².